The zero-order valence-electron chi connectivity index (χ0n) is 11.8. The minimum Gasteiger partial charge on any atom is -0.384 e. The molecule has 20 heavy (non-hydrogen) atoms. The van der Waals surface area contributed by atoms with Crippen molar-refractivity contribution in [2.24, 2.45) is 0 Å². The van der Waals surface area contributed by atoms with Crippen LogP contribution in [0, 0.1) is 0 Å². The first-order valence-electron chi connectivity index (χ1n) is 7.35. The van der Waals surface area contributed by atoms with Crippen molar-refractivity contribution >= 4 is 5.82 Å². The second-order valence-electron chi connectivity index (χ2n) is 5.41. The first-order chi connectivity index (χ1) is 9.78. The van der Waals surface area contributed by atoms with Crippen molar-refractivity contribution in [1.82, 2.24) is 15.0 Å². The van der Waals surface area contributed by atoms with E-state index in [0.29, 0.717) is 11.7 Å². The summed E-state index contributed by atoms with van der Waals surface area (Å²) in [5.41, 5.74) is 9.30. The summed E-state index contributed by atoms with van der Waals surface area (Å²) >= 11 is 0. The Kier molecular flexibility index (Phi) is 3.63. The summed E-state index contributed by atoms with van der Waals surface area (Å²) in [7, 11) is 0. The van der Waals surface area contributed by atoms with Crippen LogP contribution in [-0.2, 0) is 6.42 Å². The molecule has 104 valence electrons. The van der Waals surface area contributed by atoms with E-state index in [-0.39, 0.29) is 0 Å². The Morgan fingerprint density at radius 2 is 2.05 bits per heavy atom. The van der Waals surface area contributed by atoms with E-state index in [1.165, 1.54) is 25.7 Å². The molecule has 4 heteroatoms. The quantitative estimate of drug-likeness (QED) is 0.927. The average molecular weight is 268 g/mol. The van der Waals surface area contributed by atoms with Gasteiger partial charge >= 0.3 is 0 Å². The highest BCUT2D eigenvalue weighted by molar-refractivity contribution is 5.61. The highest BCUT2D eigenvalue weighted by Gasteiger charge is 2.20. The van der Waals surface area contributed by atoms with E-state index in [9.17, 15) is 0 Å². The zero-order chi connectivity index (χ0) is 13.9. The molecule has 0 aliphatic heterocycles. The SMILES string of the molecule is CCc1cnccc1-c1nc(N)cc(C2CCCC2)n1. The Balaban J connectivity index is 2.04. The molecule has 1 aliphatic carbocycles. The molecule has 0 unspecified atom stereocenters. The molecule has 0 aromatic carbocycles. The Bertz CT molecular complexity index is 603. The lowest BCUT2D eigenvalue weighted by Gasteiger charge is -2.12. The summed E-state index contributed by atoms with van der Waals surface area (Å²) in [6, 6.07) is 3.92. The van der Waals surface area contributed by atoms with E-state index in [1.54, 1.807) is 6.20 Å². The van der Waals surface area contributed by atoms with Crippen LogP contribution in [0.5, 0.6) is 0 Å². The summed E-state index contributed by atoms with van der Waals surface area (Å²) in [6.45, 7) is 2.12. The van der Waals surface area contributed by atoms with Gasteiger partial charge in [-0.1, -0.05) is 19.8 Å². The Hall–Kier alpha value is -1.97. The molecule has 0 amide bonds. The number of anilines is 1. The molecule has 2 heterocycles. The standard InChI is InChI=1S/C16H20N4/c1-2-11-10-18-8-7-13(11)16-19-14(9-15(17)20-16)12-5-3-4-6-12/h7-10,12H,2-6H2,1H3,(H2,17,19,20). The van der Waals surface area contributed by atoms with E-state index < -0.39 is 0 Å². The zero-order valence-corrected chi connectivity index (χ0v) is 11.8. The molecular weight excluding hydrogens is 248 g/mol. The van der Waals surface area contributed by atoms with Crippen LogP contribution in [-0.4, -0.2) is 15.0 Å². The Morgan fingerprint density at radius 1 is 1.25 bits per heavy atom. The van der Waals surface area contributed by atoms with Gasteiger partial charge in [0.15, 0.2) is 5.82 Å². The molecule has 0 saturated heterocycles. The lowest BCUT2D eigenvalue weighted by Crippen LogP contribution is -2.04. The van der Waals surface area contributed by atoms with E-state index >= 15 is 0 Å². The largest absolute Gasteiger partial charge is 0.384 e. The first-order valence-corrected chi connectivity index (χ1v) is 7.35. The van der Waals surface area contributed by atoms with Crippen molar-refractivity contribution in [3.8, 4) is 11.4 Å². The molecule has 1 saturated carbocycles. The summed E-state index contributed by atoms with van der Waals surface area (Å²) in [4.78, 5) is 13.4. The second kappa shape index (κ2) is 5.57. The van der Waals surface area contributed by atoms with Gasteiger partial charge in [0, 0.05) is 35.6 Å². The fourth-order valence-electron chi connectivity index (χ4n) is 2.96. The maximum Gasteiger partial charge on any atom is 0.162 e. The minimum absolute atomic E-state index is 0.547. The first kappa shape index (κ1) is 13.0. The van der Waals surface area contributed by atoms with Crippen LogP contribution in [0.3, 0.4) is 0 Å². The van der Waals surface area contributed by atoms with Crippen LogP contribution in [0.2, 0.25) is 0 Å². The van der Waals surface area contributed by atoms with Gasteiger partial charge in [0.1, 0.15) is 5.82 Å². The van der Waals surface area contributed by atoms with E-state index in [0.717, 1.165) is 29.1 Å². The summed E-state index contributed by atoms with van der Waals surface area (Å²) in [6.07, 6.45) is 9.60. The smallest absolute Gasteiger partial charge is 0.162 e. The third-order valence-electron chi connectivity index (χ3n) is 4.06. The van der Waals surface area contributed by atoms with E-state index in [2.05, 4.69) is 16.9 Å². The third-order valence-corrected chi connectivity index (χ3v) is 4.06. The van der Waals surface area contributed by atoms with Crippen LogP contribution in [0.4, 0.5) is 5.82 Å². The summed E-state index contributed by atoms with van der Waals surface area (Å²) < 4.78 is 0. The lowest BCUT2D eigenvalue weighted by atomic mass is 10.0. The predicted molar refractivity (Wildman–Crippen MR) is 80.3 cm³/mol. The number of aryl methyl sites for hydroxylation is 1. The van der Waals surface area contributed by atoms with Crippen LogP contribution >= 0.6 is 0 Å². The number of nitrogen functional groups attached to an aromatic ring is 1. The molecule has 3 rings (SSSR count). The average Bonchev–Trinajstić information content (AvgIpc) is 3.01. The number of nitrogens with two attached hydrogens (primary N) is 1. The van der Waals surface area contributed by atoms with Gasteiger partial charge < -0.3 is 5.73 Å². The molecule has 0 spiro atoms. The molecule has 4 nitrogen and oxygen atoms in total. The van der Waals surface area contributed by atoms with Gasteiger partial charge in [-0.25, -0.2) is 9.97 Å². The topological polar surface area (TPSA) is 64.7 Å². The van der Waals surface area contributed by atoms with Crippen LogP contribution in [0.15, 0.2) is 24.5 Å². The number of pyridine rings is 1. The van der Waals surface area contributed by atoms with Crippen molar-refractivity contribution in [2.75, 3.05) is 5.73 Å². The van der Waals surface area contributed by atoms with Gasteiger partial charge in [-0.15, -0.1) is 0 Å². The fourth-order valence-corrected chi connectivity index (χ4v) is 2.96. The molecular formula is C16H20N4. The number of aromatic nitrogens is 3. The molecule has 1 aliphatic rings. The summed E-state index contributed by atoms with van der Waals surface area (Å²) in [5.74, 6) is 1.85. The van der Waals surface area contributed by atoms with Crippen LogP contribution < -0.4 is 5.73 Å². The van der Waals surface area contributed by atoms with Crippen molar-refractivity contribution in [1.29, 1.82) is 0 Å². The van der Waals surface area contributed by atoms with Crippen molar-refractivity contribution in [3.05, 3.63) is 35.8 Å². The number of rotatable bonds is 3. The maximum absolute atomic E-state index is 5.99. The van der Waals surface area contributed by atoms with Gasteiger partial charge in [-0.3, -0.25) is 4.98 Å². The fraction of sp³-hybridized carbons (Fsp3) is 0.438. The molecule has 1 fully saturated rings. The lowest BCUT2D eigenvalue weighted by molar-refractivity contribution is 0.696. The third kappa shape index (κ3) is 2.50. The van der Waals surface area contributed by atoms with Gasteiger partial charge in [-0.2, -0.15) is 0 Å². The molecule has 2 aromatic rings. The van der Waals surface area contributed by atoms with Gasteiger partial charge in [-0.05, 0) is 30.9 Å². The Labute approximate surface area is 119 Å². The monoisotopic (exact) mass is 268 g/mol. The van der Waals surface area contributed by atoms with Gasteiger partial charge in [0.05, 0.1) is 0 Å². The van der Waals surface area contributed by atoms with Crippen molar-refractivity contribution in [3.63, 3.8) is 0 Å². The van der Waals surface area contributed by atoms with Crippen molar-refractivity contribution in [2.45, 2.75) is 44.9 Å². The number of hydrogen-bond donors (Lipinski definition) is 1. The highest BCUT2D eigenvalue weighted by atomic mass is 15.0. The highest BCUT2D eigenvalue weighted by Crippen LogP contribution is 2.34. The van der Waals surface area contributed by atoms with Gasteiger partial charge in [0.2, 0.25) is 0 Å². The van der Waals surface area contributed by atoms with E-state index in [1.807, 2.05) is 18.3 Å². The number of nitrogens with zero attached hydrogens (tertiary/aromatic N) is 3. The molecule has 0 bridgehead atoms. The van der Waals surface area contributed by atoms with Crippen LogP contribution in [0.25, 0.3) is 11.4 Å². The molecule has 0 radical (unpaired) electrons. The molecule has 2 aromatic heterocycles. The molecule has 0 atom stereocenters. The normalized spacial score (nSPS) is 15.7. The maximum atomic E-state index is 5.99. The minimum atomic E-state index is 0.547. The number of hydrogen-bond acceptors (Lipinski definition) is 4. The van der Waals surface area contributed by atoms with Gasteiger partial charge in [0.25, 0.3) is 0 Å². The van der Waals surface area contributed by atoms with E-state index in [4.69, 9.17) is 10.7 Å². The second-order valence-corrected chi connectivity index (χ2v) is 5.41. The van der Waals surface area contributed by atoms with Crippen molar-refractivity contribution < 1.29 is 0 Å². The predicted octanol–water partition coefficient (Wildman–Crippen LogP) is 3.34. The molecule has 2 N–H and O–H groups in total. The summed E-state index contributed by atoms with van der Waals surface area (Å²) in [5, 5.41) is 0. The Morgan fingerprint density at radius 3 is 2.80 bits per heavy atom. The van der Waals surface area contributed by atoms with Crippen LogP contribution in [0.1, 0.15) is 49.8 Å².